The first-order valence-electron chi connectivity index (χ1n) is 6.72. The summed E-state index contributed by atoms with van der Waals surface area (Å²) in [5, 5.41) is 9.76. The average Bonchev–Trinajstić information content (AvgIpc) is 2.49. The fourth-order valence-corrected chi connectivity index (χ4v) is 2.09. The van der Waals surface area contributed by atoms with Crippen LogP contribution in [0, 0.1) is 0 Å². The zero-order chi connectivity index (χ0) is 13.7. The van der Waals surface area contributed by atoms with E-state index in [-0.39, 0.29) is 0 Å². The number of aliphatic hydroxyl groups excluding tert-OH is 1. The molecule has 1 aromatic carbocycles. The van der Waals surface area contributed by atoms with Gasteiger partial charge in [0.2, 0.25) is 0 Å². The Hall–Kier alpha value is -1.87. The number of benzene rings is 1. The second kappa shape index (κ2) is 6.34. The molecule has 1 heterocycles. The standard InChI is InChI=1S/C16H20N2O/c1-3-16(19)15-11-10-14(12-17-15)18(4-2)13-8-6-5-7-9-13/h5-12,16,19H,3-4H2,1-2H3/t16-/m1/s1. The average molecular weight is 256 g/mol. The van der Waals surface area contributed by atoms with E-state index in [4.69, 9.17) is 0 Å². The summed E-state index contributed by atoms with van der Waals surface area (Å²) in [6.45, 7) is 4.94. The molecule has 3 nitrogen and oxygen atoms in total. The highest BCUT2D eigenvalue weighted by Gasteiger charge is 2.09. The van der Waals surface area contributed by atoms with Crippen LogP contribution in [-0.4, -0.2) is 16.6 Å². The van der Waals surface area contributed by atoms with Gasteiger partial charge in [-0.15, -0.1) is 0 Å². The SMILES string of the molecule is CC[C@@H](O)c1ccc(N(CC)c2ccccc2)cn1. The second-order valence-corrected chi connectivity index (χ2v) is 4.45. The summed E-state index contributed by atoms with van der Waals surface area (Å²) in [5.74, 6) is 0. The summed E-state index contributed by atoms with van der Waals surface area (Å²) in [6, 6.07) is 14.1. The van der Waals surface area contributed by atoms with Crippen LogP contribution in [0.4, 0.5) is 11.4 Å². The number of nitrogens with zero attached hydrogens (tertiary/aromatic N) is 2. The Morgan fingerprint density at radius 3 is 2.32 bits per heavy atom. The maximum atomic E-state index is 9.76. The molecule has 2 rings (SSSR count). The molecule has 0 amide bonds. The minimum Gasteiger partial charge on any atom is -0.387 e. The zero-order valence-corrected chi connectivity index (χ0v) is 11.5. The summed E-state index contributed by atoms with van der Waals surface area (Å²) in [4.78, 5) is 6.54. The number of anilines is 2. The predicted octanol–water partition coefficient (Wildman–Crippen LogP) is 3.68. The van der Waals surface area contributed by atoms with Crippen LogP contribution in [-0.2, 0) is 0 Å². The van der Waals surface area contributed by atoms with Gasteiger partial charge in [-0.1, -0.05) is 25.1 Å². The number of rotatable bonds is 5. The molecule has 0 fully saturated rings. The van der Waals surface area contributed by atoms with Gasteiger partial charge in [-0.05, 0) is 37.6 Å². The molecule has 1 aromatic heterocycles. The maximum Gasteiger partial charge on any atom is 0.0957 e. The molecule has 0 saturated carbocycles. The third kappa shape index (κ3) is 3.12. The van der Waals surface area contributed by atoms with E-state index >= 15 is 0 Å². The smallest absolute Gasteiger partial charge is 0.0957 e. The summed E-state index contributed by atoms with van der Waals surface area (Å²) < 4.78 is 0. The quantitative estimate of drug-likeness (QED) is 0.886. The third-order valence-electron chi connectivity index (χ3n) is 3.19. The number of hydrogen-bond donors (Lipinski definition) is 1. The van der Waals surface area contributed by atoms with Gasteiger partial charge in [0.15, 0.2) is 0 Å². The number of pyridine rings is 1. The molecule has 0 aliphatic carbocycles. The van der Waals surface area contributed by atoms with Crippen molar-refractivity contribution in [2.75, 3.05) is 11.4 Å². The van der Waals surface area contributed by atoms with Crippen molar-refractivity contribution in [2.45, 2.75) is 26.4 Å². The van der Waals surface area contributed by atoms with Crippen LogP contribution in [0.1, 0.15) is 32.1 Å². The zero-order valence-electron chi connectivity index (χ0n) is 11.5. The van der Waals surface area contributed by atoms with Crippen LogP contribution in [0.5, 0.6) is 0 Å². The summed E-state index contributed by atoms with van der Waals surface area (Å²) >= 11 is 0. The van der Waals surface area contributed by atoms with Crippen molar-refractivity contribution < 1.29 is 5.11 Å². The van der Waals surface area contributed by atoms with E-state index in [0.717, 1.165) is 23.6 Å². The topological polar surface area (TPSA) is 36.4 Å². The van der Waals surface area contributed by atoms with Gasteiger partial charge in [0.05, 0.1) is 23.7 Å². The Labute approximate surface area is 114 Å². The molecule has 2 aromatic rings. The van der Waals surface area contributed by atoms with Gasteiger partial charge >= 0.3 is 0 Å². The molecule has 3 heteroatoms. The summed E-state index contributed by atoms with van der Waals surface area (Å²) in [7, 11) is 0. The Morgan fingerprint density at radius 1 is 1.05 bits per heavy atom. The first-order valence-corrected chi connectivity index (χ1v) is 6.72. The van der Waals surface area contributed by atoms with E-state index in [0.29, 0.717) is 6.42 Å². The van der Waals surface area contributed by atoms with Crippen LogP contribution in [0.2, 0.25) is 0 Å². The lowest BCUT2D eigenvalue weighted by atomic mass is 10.2. The Morgan fingerprint density at radius 2 is 1.79 bits per heavy atom. The van der Waals surface area contributed by atoms with Gasteiger partial charge in [-0.3, -0.25) is 4.98 Å². The molecule has 19 heavy (non-hydrogen) atoms. The first-order chi connectivity index (χ1) is 9.26. The van der Waals surface area contributed by atoms with Crippen LogP contribution >= 0.6 is 0 Å². The molecule has 0 radical (unpaired) electrons. The number of aliphatic hydroxyl groups is 1. The summed E-state index contributed by atoms with van der Waals surface area (Å²) in [5.41, 5.74) is 2.92. The molecule has 0 aliphatic rings. The van der Waals surface area contributed by atoms with E-state index in [1.165, 1.54) is 0 Å². The molecule has 0 spiro atoms. The number of para-hydroxylation sites is 1. The third-order valence-corrected chi connectivity index (χ3v) is 3.19. The van der Waals surface area contributed by atoms with Gasteiger partial charge in [-0.2, -0.15) is 0 Å². The number of aromatic nitrogens is 1. The number of hydrogen-bond acceptors (Lipinski definition) is 3. The Bertz CT molecular complexity index is 496. The molecule has 1 atom stereocenters. The van der Waals surface area contributed by atoms with Gasteiger partial charge < -0.3 is 10.0 Å². The van der Waals surface area contributed by atoms with Gasteiger partial charge in [0.1, 0.15) is 0 Å². The molecule has 0 unspecified atom stereocenters. The lowest BCUT2D eigenvalue weighted by Crippen LogP contribution is -2.16. The van der Waals surface area contributed by atoms with Gasteiger partial charge in [-0.25, -0.2) is 0 Å². The highest BCUT2D eigenvalue weighted by Crippen LogP contribution is 2.25. The molecule has 0 aliphatic heterocycles. The normalized spacial score (nSPS) is 12.2. The fraction of sp³-hybridized carbons (Fsp3) is 0.312. The molecular formula is C16H20N2O. The van der Waals surface area contributed by atoms with Crippen molar-refractivity contribution in [1.82, 2.24) is 4.98 Å². The Balaban J connectivity index is 2.25. The molecular weight excluding hydrogens is 236 g/mol. The van der Waals surface area contributed by atoms with Crippen molar-refractivity contribution >= 4 is 11.4 Å². The first kappa shape index (κ1) is 13.6. The molecule has 0 bridgehead atoms. The van der Waals surface area contributed by atoms with Crippen molar-refractivity contribution in [3.8, 4) is 0 Å². The van der Waals surface area contributed by atoms with Crippen molar-refractivity contribution in [2.24, 2.45) is 0 Å². The largest absolute Gasteiger partial charge is 0.387 e. The van der Waals surface area contributed by atoms with Crippen LogP contribution in [0.25, 0.3) is 0 Å². The highest BCUT2D eigenvalue weighted by molar-refractivity contribution is 5.62. The van der Waals surface area contributed by atoms with E-state index in [1.807, 2.05) is 43.5 Å². The summed E-state index contributed by atoms with van der Waals surface area (Å²) in [6.07, 6.45) is 2.04. The van der Waals surface area contributed by atoms with Gasteiger partial charge in [0, 0.05) is 12.2 Å². The van der Waals surface area contributed by atoms with Crippen molar-refractivity contribution in [3.05, 3.63) is 54.4 Å². The van der Waals surface area contributed by atoms with Crippen LogP contribution in [0.3, 0.4) is 0 Å². The monoisotopic (exact) mass is 256 g/mol. The molecule has 0 saturated heterocycles. The minimum atomic E-state index is -0.471. The van der Waals surface area contributed by atoms with E-state index < -0.39 is 6.10 Å². The van der Waals surface area contributed by atoms with E-state index in [1.54, 1.807) is 0 Å². The molecule has 1 N–H and O–H groups in total. The lowest BCUT2D eigenvalue weighted by molar-refractivity contribution is 0.169. The van der Waals surface area contributed by atoms with Gasteiger partial charge in [0.25, 0.3) is 0 Å². The highest BCUT2D eigenvalue weighted by atomic mass is 16.3. The van der Waals surface area contributed by atoms with Crippen molar-refractivity contribution in [3.63, 3.8) is 0 Å². The van der Waals surface area contributed by atoms with Crippen molar-refractivity contribution in [1.29, 1.82) is 0 Å². The fourth-order valence-electron chi connectivity index (χ4n) is 2.09. The van der Waals surface area contributed by atoms with E-state index in [9.17, 15) is 5.11 Å². The van der Waals surface area contributed by atoms with Crippen LogP contribution < -0.4 is 4.90 Å². The minimum absolute atomic E-state index is 0.471. The lowest BCUT2D eigenvalue weighted by Gasteiger charge is -2.23. The Kier molecular flexibility index (Phi) is 4.53. The van der Waals surface area contributed by atoms with Crippen LogP contribution in [0.15, 0.2) is 48.7 Å². The second-order valence-electron chi connectivity index (χ2n) is 4.45. The maximum absolute atomic E-state index is 9.76. The predicted molar refractivity (Wildman–Crippen MR) is 78.6 cm³/mol. The molecule has 100 valence electrons. The van der Waals surface area contributed by atoms with E-state index in [2.05, 4.69) is 28.9 Å².